The predicted molar refractivity (Wildman–Crippen MR) is 81.8 cm³/mol. The van der Waals surface area contributed by atoms with E-state index < -0.39 is 0 Å². The van der Waals surface area contributed by atoms with Gasteiger partial charge in [-0.25, -0.2) is 4.39 Å². The van der Waals surface area contributed by atoms with Crippen LogP contribution in [0.15, 0.2) is 23.1 Å². The average Bonchev–Trinajstić information content (AvgIpc) is 2.51. The zero-order valence-electron chi connectivity index (χ0n) is 12.4. The highest BCUT2D eigenvalue weighted by molar-refractivity contribution is 5.78. The lowest BCUT2D eigenvalue weighted by atomic mass is 9.85. The van der Waals surface area contributed by atoms with Crippen LogP contribution >= 0.6 is 0 Å². The van der Waals surface area contributed by atoms with Gasteiger partial charge in [0.25, 0.3) is 5.56 Å². The molecule has 4 heteroatoms. The summed E-state index contributed by atoms with van der Waals surface area (Å²) in [4.78, 5) is 15.9. The first-order valence-corrected chi connectivity index (χ1v) is 7.80. The summed E-state index contributed by atoms with van der Waals surface area (Å²) in [5.74, 6) is 0.404. The molecule has 0 saturated heterocycles. The largest absolute Gasteiger partial charge is 0.310 e. The smallest absolute Gasteiger partial charge is 0.250 e. The van der Waals surface area contributed by atoms with Crippen LogP contribution in [0.25, 0.3) is 11.0 Å². The third kappa shape index (κ3) is 2.85. The Morgan fingerprint density at radius 1 is 1.29 bits per heavy atom. The number of pyridine rings is 2. The van der Waals surface area contributed by atoms with E-state index in [0.717, 1.165) is 6.42 Å². The maximum atomic E-state index is 14.2. The Morgan fingerprint density at radius 3 is 2.81 bits per heavy atom. The fourth-order valence-corrected chi connectivity index (χ4v) is 3.46. The maximum absolute atomic E-state index is 14.2. The van der Waals surface area contributed by atoms with E-state index in [0.29, 0.717) is 28.9 Å². The summed E-state index contributed by atoms with van der Waals surface area (Å²) in [6.07, 6.45) is 9.39. The zero-order chi connectivity index (χ0) is 14.8. The van der Waals surface area contributed by atoms with Crippen LogP contribution in [0.1, 0.15) is 44.1 Å². The Kier molecular flexibility index (Phi) is 4.04. The molecular weight excluding hydrogens is 267 g/mol. The lowest BCUT2D eigenvalue weighted by Crippen LogP contribution is -2.18. The monoisotopic (exact) mass is 288 g/mol. The molecule has 3 rings (SSSR count). The van der Waals surface area contributed by atoms with Crippen molar-refractivity contribution in [2.45, 2.75) is 44.9 Å². The van der Waals surface area contributed by atoms with Gasteiger partial charge >= 0.3 is 0 Å². The summed E-state index contributed by atoms with van der Waals surface area (Å²) in [5, 5.41) is 0. The molecule has 0 radical (unpaired) electrons. The third-order valence-electron chi connectivity index (χ3n) is 4.71. The summed E-state index contributed by atoms with van der Waals surface area (Å²) in [6.45, 7) is 0. The van der Waals surface area contributed by atoms with Gasteiger partial charge in [0.15, 0.2) is 0 Å². The molecule has 0 bridgehead atoms. The number of fused-ring (bicyclic) bond motifs is 1. The second kappa shape index (κ2) is 5.96. The minimum absolute atomic E-state index is 0.117. The molecule has 0 N–H and O–H groups in total. The molecule has 21 heavy (non-hydrogen) atoms. The molecule has 2 aromatic rings. The van der Waals surface area contributed by atoms with Crippen LogP contribution < -0.4 is 5.56 Å². The van der Waals surface area contributed by atoms with Crippen LogP contribution in [0, 0.1) is 11.7 Å². The second-order valence-corrected chi connectivity index (χ2v) is 6.09. The molecule has 112 valence electrons. The number of rotatable bonds is 3. The first kappa shape index (κ1) is 14.2. The van der Waals surface area contributed by atoms with Crippen molar-refractivity contribution in [1.82, 2.24) is 9.55 Å². The number of hydrogen-bond acceptors (Lipinski definition) is 2. The minimum Gasteiger partial charge on any atom is -0.310 e. The van der Waals surface area contributed by atoms with Gasteiger partial charge in [0.05, 0.1) is 17.2 Å². The lowest BCUT2D eigenvalue weighted by molar-refractivity contribution is 0.338. The molecule has 0 aromatic carbocycles. The SMILES string of the molecule is Cn1c(=O)ccc2ncc(F)c(CCC3CCCCC3)c21. The van der Waals surface area contributed by atoms with Crippen LogP contribution in [0.2, 0.25) is 0 Å². The highest BCUT2D eigenvalue weighted by atomic mass is 19.1. The van der Waals surface area contributed by atoms with Crippen molar-refractivity contribution >= 4 is 11.0 Å². The first-order valence-electron chi connectivity index (χ1n) is 7.80. The van der Waals surface area contributed by atoms with Crippen molar-refractivity contribution in [1.29, 1.82) is 0 Å². The minimum atomic E-state index is -0.292. The molecule has 0 spiro atoms. The molecule has 0 unspecified atom stereocenters. The molecule has 0 atom stereocenters. The van der Waals surface area contributed by atoms with Gasteiger partial charge < -0.3 is 4.57 Å². The Hall–Kier alpha value is -1.71. The highest BCUT2D eigenvalue weighted by Crippen LogP contribution is 2.29. The van der Waals surface area contributed by atoms with E-state index in [1.807, 2.05) is 0 Å². The third-order valence-corrected chi connectivity index (χ3v) is 4.71. The van der Waals surface area contributed by atoms with E-state index >= 15 is 0 Å². The summed E-state index contributed by atoms with van der Waals surface area (Å²) < 4.78 is 15.7. The van der Waals surface area contributed by atoms with E-state index in [9.17, 15) is 9.18 Å². The Bertz CT molecular complexity index is 702. The Labute approximate surface area is 123 Å². The van der Waals surface area contributed by atoms with Gasteiger partial charge in [-0.1, -0.05) is 32.1 Å². The van der Waals surface area contributed by atoms with Crippen LogP contribution in [0.3, 0.4) is 0 Å². The molecule has 2 heterocycles. The number of nitrogens with zero attached hydrogens (tertiary/aromatic N) is 2. The zero-order valence-corrected chi connectivity index (χ0v) is 12.4. The summed E-state index contributed by atoms with van der Waals surface area (Å²) in [5.41, 5.74) is 1.87. The quantitative estimate of drug-likeness (QED) is 0.865. The molecule has 1 aliphatic carbocycles. The van der Waals surface area contributed by atoms with Gasteiger partial charge in [-0.3, -0.25) is 9.78 Å². The van der Waals surface area contributed by atoms with Crippen LogP contribution in [-0.2, 0) is 13.5 Å². The lowest BCUT2D eigenvalue weighted by Gasteiger charge is -2.21. The van der Waals surface area contributed by atoms with Crippen molar-refractivity contribution in [3.63, 3.8) is 0 Å². The summed E-state index contributed by atoms with van der Waals surface area (Å²) >= 11 is 0. The molecular formula is C17H21FN2O. The molecule has 2 aromatic heterocycles. The van der Waals surface area contributed by atoms with Crippen LogP contribution in [0.4, 0.5) is 4.39 Å². The van der Waals surface area contributed by atoms with Crippen LogP contribution in [-0.4, -0.2) is 9.55 Å². The molecule has 1 aliphatic rings. The van der Waals surface area contributed by atoms with Gasteiger partial charge in [0.1, 0.15) is 5.82 Å². The highest BCUT2D eigenvalue weighted by Gasteiger charge is 2.17. The van der Waals surface area contributed by atoms with E-state index in [1.54, 1.807) is 13.1 Å². The average molecular weight is 288 g/mol. The normalized spacial score (nSPS) is 16.5. The summed E-state index contributed by atoms with van der Waals surface area (Å²) in [6, 6.07) is 3.17. The molecule has 0 amide bonds. The van der Waals surface area contributed by atoms with E-state index in [2.05, 4.69) is 4.98 Å². The van der Waals surface area contributed by atoms with E-state index in [4.69, 9.17) is 0 Å². The standard InChI is InChI=1S/C17H21FN2O/c1-20-16(21)10-9-15-17(20)13(14(18)11-19-15)8-7-12-5-3-2-4-6-12/h9-12H,2-8H2,1H3. The van der Waals surface area contributed by atoms with Gasteiger partial charge in [-0.05, 0) is 24.8 Å². The van der Waals surface area contributed by atoms with Gasteiger partial charge in [0, 0.05) is 18.7 Å². The van der Waals surface area contributed by atoms with Gasteiger partial charge in [0.2, 0.25) is 0 Å². The van der Waals surface area contributed by atoms with Gasteiger partial charge in [-0.15, -0.1) is 0 Å². The van der Waals surface area contributed by atoms with Crippen molar-refractivity contribution in [2.24, 2.45) is 13.0 Å². The van der Waals surface area contributed by atoms with Crippen molar-refractivity contribution < 1.29 is 4.39 Å². The molecule has 3 nitrogen and oxygen atoms in total. The second-order valence-electron chi connectivity index (χ2n) is 6.09. The Balaban J connectivity index is 1.94. The molecule has 1 saturated carbocycles. The number of aromatic nitrogens is 2. The number of halogens is 1. The molecule has 1 fully saturated rings. The van der Waals surface area contributed by atoms with Crippen molar-refractivity contribution in [3.05, 3.63) is 40.1 Å². The van der Waals surface area contributed by atoms with Crippen molar-refractivity contribution in [2.75, 3.05) is 0 Å². The van der Waals surface area contributed by atoms with E-state index in [-0.39, 0.29) is 11.4 Å². The van der Waals surface area contributed by atoms with Crippen molar-refractivity contribution in [3.8, 4) is 0 Å². The maximum Gasteiger partial charge on any atom is 0.250 e. The fourth-order valence-electron chi connectivity index (χ4n) is 3.46. The van der Waals surface area contributed by atoms with Gasteiger partial charge in [-0.2, -0.15) is 0 Å². The molecule has 0 aliphatic heterocycles. The predicted octanol–water partition coefficient (Wildman–Crippen LogP) is 3.59. The Morgan fingerprint density at radius 2 is 2.05 bits per heavy atom. The fraction of sp³-hybridized carbons (Fsp3) is 0.529. The topological polar surface area (TPSA) is 34.9 Å². The summed E-state index contributed by atoms with van der Waals surface area (Å²) in [7, 11) is 1.69. The first-order chi connectivity index (χ1) is 10.2. The number of hydrogen-bond donors (Lipinski definition) is 0. The van der Waals surface area contributed by atoms with E-state index in [1.165, 1.54) is 48.9 Å². The van der Waals surface area contributed by atoms with Crippen LogP contribution in [0.5, 0.6) is 0 Å². The number of aryl methyl sites for hydroxylation is 2.